The number of carbonyl (C=O) groups excluding carboxylic acids is 1. The molecular weight excluding hydrogens is 290 g/mol. The number of piperidine rings is 1. The van der Waals surface area contributed by atoms with Crippen molar-refractivity contribution in [2.24, 2.45) is 11.8 Å². The van der Waals surface area contributed by atoms with Crippen LogP contribution in [0, 0.1) is 11.8 Å². The zero-order chi connectivity index (χ0) is 16.2. The fourth-order valence-corrected chi connectivity index (χ4v) is 3.25. The SMILES string of the molecule is CC(C)C(=O)N1CCC(COc2cc(C3CCC3)ncn2)CC1. The largest absolute Gasteiger partial charge is 0.477 e. The second-order valence-electron chi connectivity index (χ2n) is 7.14. The van der Waals surface area contributed by atoms with E-state index in [9.17, 15) is 4.79 Å². The summed E-state index contributed by atoms with van der Waals surface area (Å²) in [6.45, 7) is 6.31. The number of aromatic nitrogens is 2. The first-order valence-corrected chi connectivity index (χ1v) is 8.87. The van der Waals surface area contributed by atoms with Crippen molar-refractivity contribution in [1.82, 2.24) is 14.9 Å². The minimum atomic E-state index is 0.0914. The first kappa shape index (κ1) is 16.2. The molecule has 5 nitrogen and oxygen atoms in total. The van der Waals surface area contributed by atoms with E-state index in [4.69, 9.17) is 4.74 Å². The van der Waals surface area contributed by atoms with Gasteiger partial charge in [0, 0.05) is 31.0 Å². The Hall–Kier alpha value is -1.65. The molecule has 1 aromatic heterocycles. The fraction of sp³-hybridized carbons (Fsp3) is 0.722. The molecule has 1 aromatic rings. The van der Waals surface area contributed by atoms with Crippen molar-refractivity contribution >= 4 is 5.91 Å². The Balaban J connectivity index is 1.45. The van der Waals surface area contributed by atoms with Gasteiger partial charge in [-0.15, -0.1) is 0 Å². The van der Waals surface area contributed by atoms with Crippen LogP contribution in [0.4, 0.5) is 0 Å². The molecule has 0 spiro atoms. The van der Waals surface area contributed by atoms with E-state index in [1.54, 1.807) is 6.33 Å². The van der Waals surface area contributed by atoms with Gasteiger partial charge in [-0.2, -0.15) is 0 Å². The van der Waals surface area contributed by atoms with E-state index in [-0.39, 0.29) is 11.8 Å². The van der Waals surface area contributed by atoms with Crippen LogP contribution < -0.4 is 4.74 Å². The molecule has 23 heavy (non-hydrogen) atoms. The molecule has 1 aliphatic heterocycles. The Bertz CT molecular complexity index is 535. The summed E-state index contributed by atoms with van der Waals surface area (Å²) in [6.07, 6.45) is 7.42. The number of rotatable bonds is 5. The van der Waals surface area contributed by atoms with Gasteiger partial charge in [0.15, 0.2) is 0 Å². The lowest BCUT2D eigenvalue weighted by Gasteiger charge is -2.33. The van der Waals surface area contributed by atoms with Gasteiger partial charge < -0.3 is 9.64 Å². The van der Waals surface area contributed by atoms with E-state index in [1.807, 2.05) is 24.8 Å². The lowest BCUT2D eigenvalue weighted by Crippen LogP contribution is -2.41. The Labute approximate surface area is 138 Å². The maximum absolute atomic E-state index is 12.0. The minimum Gasteiger partial charge on any atom is -0.477 e. The molecule has 1 amide bonds. The van der Waals surface area contributed by atoms with Crippen LogP contribution in [0.2, 0.25) is 0 Å². The van der Waals surface area contributed by atoms with Crippen LogP contribution in [-0.4, -0.2) is 40.5 Å². The van der Waals surface area contributed by atoms with Crippen LogP contribution in [0.3, 0.4) is 0 Å². The van der Waals surface area contributed by atoms with E-state index in [2.05, 4.69) is 9.97 Å². The summed E-state index contributed by atoms with van der Waals surface area (Å²) in [4.78, 5) is 22.6. The van der Waals surface area contributed by atoms with Crippen LogP contribution in [0.25, 0.3) is 0 Å². The smallest absolute Gasteiger partial charge is 0.225 e. The Kier molecular flexibility index (Phi) is 5.13. The van der Waals surface area contributed by atoms with Gasteiger partial charge in [-0.1, -0.05) is 20.3 Å². The maximum Gasteiger partial charge on any atom is 0.225 e. The van der Waals surface area contributed by atoms with Crippen LogP contribution >= 0.6 is 0 Å². The number of likely N-dealkylation sites (tertiary alicyclic amines) is 1. The zero-order valence-corrected chi connectivity index (χ0v) is 14.2. The van der Waals surface area contributed by atoms with Gasteiger partial charge in [-0.25, -0.2) is 9.97 Å². The van der Waals surface area contributed by atoms with E-state index in [0.717, 1.165) is 31.6 Å². The van der Waals surface area contributed by atoms with E-state index in [0.29, 0.717) is 24.3 Å². The highest BCUT2D eigenvalue weighted by atomic mass is 16.5. The third kappa shape index (κ3) is 4.01. The summed E-state index contributed by atoms with van der Waals surface area (Å²) in [7, 11) is 0. The molecule has 0 N–H and O–H groups in total. The van der Waals surface area contributed by atoms with Crippen molar-refractivity contribution in [3.05, 3.63) is 18.1 Å². The average Bonchev–Trinajstić information content (AvgIpc) is 2.51. The molecule has 0 aromatic carbocycles. The first-order chi connectivity index (χ1) is 11.1. The lowest BCUT2D eigenvalue weighted by atomic mass is 9.83. The topological polar surface area (TPSA) is 55.3 Å². The maximum atomic E-state index is 12.0. The first-order valence-electron chi connectivity index (χ1n) is 8.87. The van der Waals surface area contributed by atoms with Crippen molar-refractivity contribution in [2.75, 3.05) is 19.7 Å². The predicted octanol–water partition coefficient (Wildman–Crippen LogP) is 3.02. The van der Waals surface area contributed by atoms with Gasteiger partial charge in [-0.3, -0.25) is 4.79 Å². The average molecular weight is 317 g/mol. The minimum absolute atomic E-state index is 0.0914. The Morgan fingerprint density at radius 3 is 2.61 bits per heavy atom. The second-order valence-corrected chi connectivity index (χ2v) is 7.14. The molecule has 0 atom stereocenters. The van der Waals surface area contributed by atoms with Crippen LogP contribution in [0.15, 0.2) is 12.4 Å². The molecule has 0 bridgehead atoms. The molecule has 126 valence electrons. The van der Waals surface area contributed by atoms with E-state index in [1.165, 1.54) is 19.3 Å². The molecule has 3 rings (SSSR count). The fourth-order valence-electron chi connectivity index (χ4n) is 3.25. The molecule has 0 unspecified atom stereocenters. The molecule has 2 heterocycles. The molecule has 1 aliphatic carbocycles. The van der Waals surface area contributed by atoms with Crippen LogP contribution in [0.5, 0.6) is 5.88 Å². The third-order valence-electron chi connectivity index (χ3n) is 5.07. The highest BCUT2D eigenvalue weighted by molar-refractivity contribution is 5.78. The summed E-state index contributed by atoms with van der Waals surface area (Å²) in [5.41, 5.74) is 1.12. The normalized spacial score (nSPS) is 19.7. The number of hydrogen-bond donors (Lipinski definition) is 0. The number of ether oxygens (including phenoxy) is 1. The lowest BCUT2D eigenvalue weighted by molar-refractivity contribution is -0.136. The highest BCUT2D eigenvalue weighted by Gasteiger charge is 2.25. The molecule has 5 heteroatoms. The Morgan fingerprint density at radius 2 is 2.00 bits per heavy atom. The van der Waals surface area contributed by atoms with Crippen molar-refractivity contribution < 1.29 is 9.53 Å². The van der Waals surface area contributed by atoms with Crippen molar-refractivity contribution in [1.29, 1.82) is 0 Å². The van der Waals surface area contributed by atoms with Gasteiger partial charge in [0.2, 0.25) is 11.8 Å². The third-order valence-corrected chi connectivity index (χ3v) is 5.07. The number of nitrogens with zero attached hydrogens (tertiary/aromatic N) is 3. The number of amides is 1. The molecule has 1 saturated carbocycles. The quantitative estimate of drug-likeness (QED) is 0.837. The van der Waals surface area contributed by atoms with Crippen molar-refractivity contribution in [2.45, 2.75) is 51.9 Å². The standard InChI is InChI=1S/C18H27N3O2/c1-13(2)18(22)21-8-6-14(7-9-21)11-23-17-10-16(19-12-20-17)15-4-3-5-15/h10,12-15H,3-9,11H2,1-2H3. The van der Waals surface area contributed by atoms with Gasteiger partial charge in [-0.05, 0) is 31.6 Å². The molecule has 2 fully saturated rings. The summed E-state index contributed by atoms with van der Waals surface area (Å²) < 4.78 is 5.89. The Morgan fingerprint density at radius 1 is 1.26 bits per heavy atom. The van der Waals surface area contributed by atoms with E-state index >= 15 is 0 Å². The van der Waals surface area contributed by atoms with Gasteiger partial charge in [0.25, 0.3) is 0 Å². The number of carbonyl (C=O) groups is 1. The predicted molar refractivity (Wildman–Crippen MR) is 88.3 cm³/mol. The zero-order valence-electron chi connectivity index (χ0n) is 14.2. The van der Waals surface area contributed by atoms with E-state index < -0.39 is 0 Å². The van der Waals surface area contributed by atoms with Crippen molar-refractivity contribution in [3.8, 4) is 5.88 Å². The second kappa shape index (κ2) is 7.28. The van der Waals surface area contributed by atoms with Crippen molar-refractivity contribution in [3.63, 3.8) is 0 Å². The van der Waals surface area contributed by atoms with Crippen LogP contribution in [0.1, 0.15) is 57.6 Å². The molecular formula is C18H27N3O2. The van der Waals surface area contributed by atoms with Gasteiger partial charge in [0.1, 0.15) is 6.33 Å². The summed E-state index contributed by atoms with van der Waals surface area (Å²) in [6, 6.07) is 2.00. The molecule has 0 radical (unpaired) electrons. The highest BCUT2D eigenvalue weighted by Crippen LogP contribution is 2.35. The molecule has 2 aliphatic rings. The summed E-state index contributed by atoms with van der Waals surface area (Å²) in [5.74, 6) is 2.17. The van der Waals surface area contributed by atoms with Gasteiger partial charge >= 0.3 is 0 Å². The number of hydrogen-bond acceptors (Lipinski definition) is 4. The monoisotopic (exact) mass is 317 g/mol. The van der Waals surface area contributed by atoms with Crippen LogP contribution in [-0.2, 0) is 4.79 Å². The summed E-state index contributed by atoms with van der Waals surface area (Å²) >= 11 is 0. The summed E-state index contributed by atoms with van der Waals surface area (Å²) in [5, 5.41) is 0. The molecule has 1 saturated heterocycles. The van der Waals surface area contributed by atoms with Gasteiger partial charge in [0.05, 0.1) is 12.3 Å².